The van der Waals surface area contributed by atoms with Gasteiger partial charge in [-0.05, 0) is 53.8 Å². The van der Waals surface area contributed by atoms with E-state index in [-0.39, 0.29) is 17.4 Å². The Morgan fingerprint density at radius 3 is 2.48 bits per heavy atom. The molecule has 1 aromatic heterocycles. The molecule has 1 N–H and O–H groups in total. The Hall–Kier alpha value is -3.18. The molecule has 0 bridgehead atoms. The van der Waals surface area contributed by atoms with Crippen LogP contribution < -0.4 is 10.1 Å². The number of rotatable bonds is 5. The Kier molecular flexibility index (Phi) is 6.14. The molecule has 2 aromatic carbocycles. The normalized spacial score (nSPS) is 23.3. The van der Waals surface area contributed by atoms with Gasteiger partial charge in [0.2, 0.25) is 5.91 Å². The quantitative estimate of drug-likeness (QED) is 0.619. The molecule has 5 heteroatoms. The van der Waals surface area contributed by atoms with Gasteiger partial charge in [-0.3, -0.25) is 14.7 Å². The molecule has 2 aliphatic heterocycles. The number of carbonyl (C=O) groups is 1. The molecular weight excluding hydrogens is 410 g/mol. The topological polar surface area (TPSA) is 54.5 Å². The van der Waals surface area contributed by atoms with Gasteiger partial charge in [0.15, 0.2) is 0 Å². The fourth-order valence-corrected chi connectivity index (χ4v) is 5.44. The highest BCUT2D eigenvalue weighted by Crippen LogP contribution is 2.40. The molecule has 5 nitrogen and oxygen atoms in total. The van der Waals surface area contributed by atoms with Crippen LogP contribution in [0, 0.1) is 0 Å². The largest absolute Gasteiger partial charge is 0.497 e. The lowest BCUT2D eigenvalue weighted by Gasteiger charge is -2.34. The van der Waals surface area contributed by atoms with E-state index in [0.717, 1.165) is 50.3 Å². The first kappa shape index (κ1) is 21.7. The summed E-state index contributed by atoms with van der Waals surface area (Å²) in [6.45, 7) is 2.63. The number of amides is 1. The zero-order valence-corrected chi connectivity index (χ0v) is 19.2. The first-order valence-electron chi connectivity index (χ1n) is 11.8. The standard InChI is InChI=1S/C28H31N3O2/c1-33-24-14-12-23(13-15-24)22-10-8-21(9-11-22)18-31-19-25(26-6-3-5-17-29-26)28(20-31)16-4-2-7-27(32)30-28/h3,5-6,8-15,17,25H,2,4,7,16,18-20H2,1H3,(H,30,32)/t25-,28+/m0/s1. The first-order valence-corrected chi connectivity index (χ1v) is 11.8. The molecule has 3 aromatic rings. The Morgan fingerprint density at radius 2 is 1.79 bits per heavy atom. The summed E-state index contributed by atoms with van der Waals surface area (Å²) < 4.78 is 5.26. The van der Waals surface area contributed by atoms with Crippen LogP contribution in [0.2, 0.25) is 0 Å². The van der Waals surface area contributed by atoms with Crippen molar-refractivity contribution < 1.29 is 9.53 Å². The second-order valence-electron chi connectivity index (χ2n) is 9.31. The Morgan fingerprint density at radius 1 is 1.03 bits per heavy atom. The molecule has 5 rings (SSSR count). The molecule has 0 saturated carbocycles. The van der Waals surface area contributed by atoms with Gasteiger partial charge in [0.25, 0.3) is 0 Å². The van der Waals surface area contributed by atoms with Crippen LogP contribution in [0.15, 0.2) is 72.9 Å². The van der Waals surface area contributed by atoms with Crippen LogP contribution in [0.3, 0.4) is 0 Å². The van der Waals surface area contributed by atoms with E-state index in [2.05, 4.69) is 63.7 Å². The number of pyridine rings is 1. The summed E-state index contributed by atoms with van der Waals surface area (Å²) in [6, 6.07) is 23.1. The van der Waals surface area contributed by atoms with Crippen molar-refractivity contribution in [1.82, 2.24) is 15.2 Å². The fourth-order valence-electron chi connectivity index (χ4n) is 5.44. The highest BCUT2D eigenvalue weighted by molar-refractivity contribution is 5.77. The van der Waals surface area contributed by atoms with Crippen molar-refractivity contribution in [1.29, 1.82) is 0 Å². The van der Waals surface area contributed by atoms with Crippen LogP contribution in [0.1, 0.15) is 42.9 Å². The molecule has 3 heterocycles. The highest BCUT2D eigenvalue weighted by Gasteiger charge is 2.49. The molecule has 2 atom stereocenters. The summed E-state index contributed by atoms with van der Waals surface area (Å²) in [5.74, 6) is 1.25. The number of aromatic nitrogens is 1. The zero-order valence-electron chi connectivity index (χ0n) is 19.2. The summed E-state index contributed by atoms with van der Waals surface area (Å²) in [4.78, 5) is 19.7. The van der Waals surface area contributed by atoms with Crippen molar-refractivity contribution in [3.8, 4) is 16.9 Å². The number of benzene rings is 2. The zero-order chi connectivity index (χ0) is 22.7. The van der Waals surface area contributed by atoms with Gasteiger partial charge in [0.05, 0.1) is 12.6 Å². The Bertz CT molecular complexity index is 1080. The number of hydrogen-bond acceptors (Lipinski definition) is 4. The molecule has 2 aliphatic rings. The average molecular weight is 442 g/mol. The summed E-state index contributed by atoms with van der Waals surface area (Å²) in [6.07, 6.45) is 5.54. The predicted octanol–water partition coefficient (Wildman–Crippen LogP) is 4.79. The molecule has 2 saturated heterocycles. The van der Waals surface area contributed by atoms with Gasteiger partial charge >= 0.3 is 0 Å². The summed E-state index contributed by atoms with van der Waals surface area (Å²) >= 11 is 0. The van der Waals surface area contributed by atoms with Crippen LogP contribution in [0.25, 0.3) is 11.1 Å². The predicted molar refractivity (Wildman–Crippen MR) is 130 cm³/mol. The van der Waals surface area contributed by atoms with E-state index >= 15 is 0 Å². The SMILES string of the molecule is COc1ccc(-c2ccc(CN3C[C@@H](c4ccccn4)[C@@]4(CCCCC(=O)N4)C3)cc2)cc1. The van der Waals surface area contributed by atoms with E-state index < -0.39 is 0 Å². The van der Waals surface area contributed by atoms with Gasteiger partial charge in [-0.2, -0.15) is 0 Å². The molecule has 0 aliphatic carbocycles. The molecular formula is C28H31N3O2. The van der Waals surface area contributed by atoms with Crippen molar-refractivity contribution in [2.24, 2.45) is 0 Å². The Labute approximate surface area is 195 Å². The molecule has 33 heavy (non-hydrogen) atoms. The lowest BCUT2D eigenvalue weighted by molar-refractivity contribution is -0.122. The number of methoxy groups -OCH3 is 1. The number of nitrogens with zero attached hydrogens (tertiary/aromatic N) is 2. The van der Waals surface area contributed by atoms with Gasteiger partial charge < -0.3 is 10.1 Å². The number of carbonyl (C=O) groups excluding carboxylic acids is 1. The third-order valence-electron chi connectivity index (χ3n) is 7.11. The van der Waals surface area contributed by atoms with Crippen molar-refractivity contribution in [3.63, 3.8) is 0 Å². The molecule has 0 radical (unpaired) electrons. The van der Waals surface area contributed by atoms with Gasteiger partial charge in [0, 0.05) is 43.9 Å². The van der Waals surface area contributed by atoms with Crippen molar-refractivity contribution in [2.75, 3.05) is 20.2 Å². The van der Waals surface area contributed by atoms with E-state index in [1.165, 1.54) is 16.7 Å². The Balaban J connectivity index is 1.34. The lowest BCUT2D eigenvalue weighted by atomic mass is 9.81. The van der Waals surface area contributed by atoms with Gasteiger partial charge in [0.1, 0.15) is 5.75 Å². The molecule has 1 spiro atoms. The maximum atomic E-state index is 12.5. The maximum Gasteiger partial charge on any atom is 0.220 e. The van der Waals surface area contributed by atoms with Gasteiger partial charge in [-0.15, -0.1) is 0 Å². The average Bonchev–Trinajstić information content (AvgIpc) is 3.08. The second kappa shape index (κ2) is 9.36. The first-order chi connectivity index (χ1) is 16.1. The minimum absolute atomic E-state index is 0.180. The van der Waals surface area contributed by atoms with E-state index in [0.29, 0.717) is 6.42 Å². The second-order valence-corrected chi connectivity index (χ2v) is 9.31. The van der Waals surface area contributed by atoms with Crippen molar-refractivity contribution in [2.45, 2.75) is 43.7 Å². The minimum atomic E-state index is -0.231. The minimum Gasteiger partial charge on any atom is -0.497 e. The molecule has 170 valence electrons. The fraction of sp³-hybridized carbons (Fsp3) is 0.357. The van der Waals surface area contributed by atoms with Crippen LogP contribution in [0.4, 0.5) is 0 Å². The van der Waals surface area contributed by atoms with Crippen LogP contribution in [0.5, 0.6) is 5.75 Å². The third kappa shape index (κ3) is 4.64. The molecule has 0 unspecified atom stereocenters. The van der Waals surface area contributed by atoms with E-state index in [4.69, 9.17) is 4.74 Å². The smallest absolute Gasteiger partial charge is 0.220 e. The number of nitrogens with one attached hydrogen (secondary N) is 1. The van der Waals surface area contributed by atoms with Gasteiger partial charge in [-0.1, -0.05) is 48.9 Å². The van der Waals surface area contributed by atoms with Crippen LogP contribution in [-0.4, -0.2) is 41.5 Å². The van der Waals surface area contributed by atoms with Crippen molar-refractivity contribution >= 4 is 5.91 Å². The third-order valence-corrected chi connectivity index (χ3v) is 7.11. The summed E-state index contributed by atoms with van der Waals surface area (Å²) in [7, 11) is 1.69. The maximum absolute atomic E-state index is 12.5. The number of likely N-dealkylation sites (tertiary alicyclic amines) is 1. The monoisotopic (exact) mass is 441 g/mol. The number of hydrogen-bond donors (Lipinski definition) is 1. The molecule has 1 amide bonds. The van der Waals surface area contributed by atoms with Crippen molar-refractivity contribution in [3.05, 3.63) is 84.2 Å². The van der Waals surface area contributed by atoms with Crippen LogP contribution >= 0.6 is 0 Å². The van der Waals surface area contributed by atoms with E-state index in [1.807, 2.05) is 24.4 Å². The van der Waals surface area contributed by atoms with Gasteiger partial charge in [-0.25, -0.2) is 0 Å². The van der Waals surface area contributed by atoms with E-state index in [9.17, 15) is 4.79 Å². The summed E-state index contributed by atoms with van der Waals surface area (Å²) in [5.41, 5.74) is 4.51. The van der Waals surface area contributed by atoms with E-state index in [1.54, 1.807) is 7.11 Å². The lowest BCUT2D eigenvalue weighted by Crippen LogP contribution is -2.52. The van der Waals surface area contributed by atoms with Crippen LogP contribution in [-0.2, 0) is 11.3 Å². The highest BCUT2D eigenvalue weighted by atomic mass is 16.5. The number of ether oxygens (including phenoxy) is 1. The summed E-state index contributed by atoms with van der Waals surface area (Å²) in [5, 5.41) is 3.43. The molecule has 2 fully saturated rings.